The average molecular weight is 556 g/mol. The molecule has 0 aliphatic heterocycles. The van der Waals surface area contributed by atoms with Crippen LogP contribution in [0.1, 0.15) is 31.9 Å². The number of hydrazone groups is 1. The number of para-hydroxylation sites is 1. The topological polar surface area (TPSA) is 89.0 Å². The van der Waals surface area contributed by atoms with Crippen molar-refractivity contribution in [3.63, 3.8) is 0 Å². The fourth-order valence-corrected chi connectivity index (χ4v) is 3.83. The van der Waals surface area contributed by atoms with Gasteiger partial charge in [0.25, 0.3) is 11.8 Å². The Balaban J connectivity index is 1.69. The minimum absolute atomic E-state index is 0.260. The maximum atomic E-state index is 13.1. The molecule has 0 saturated heterocycles. The predicted octanol–water partition coefficient (Wildman–Crippen LogP) is 5.67. The van der Waals surface area contributed by atoms with E-state index in [1.54, 1.807) is 19.1 Å². The summed E-state index contributed by atoms with van der Waals surface area (Å²) in [6, 6.07) is 20.6. The number of carbonyl (C=O) groups is 2. The van der Waals surface area contributed by atoms with E-state index >= 15 is 0 Å². The summed E-state index contributed by atoms with van der Waals surface area (Å²) in [5.74, 6) is 0.384. The number of rotatable bonds is 12. The highest BCUT2D eigenvalue weighted by molar-refractivity contribution is 6.35. The molecule has 0 aliphatic carbocycles. The molecule has 0 unspecified atom stereocenters. The van der Waals surface area contributed by atoms with E-state index in [0.29, 0.717) is 29.0 Å². The van der Waals surface area contributed by atoms with Crippen LogP contribution in [0.3, 0.4) is 0 Å². The van der Waals surface area contributed by atoms with Crippen LogP contribution in [0, 0.1) is 5.92 Å². The first-order valence-corrected chi connectivity index (χ1v) is 13.0. The summed E-state index contributed by atoms with van der Waals surface area (Å²) in [5.41, 5.74) is 4.13. The van der Waals surface area contributed by atoms with Gasteiger partial charge in [0, 0.05) is 17.0 Å². The van der Waals surface area contributed by atoms with Crippen LogP contribution >= 0.6 is 23.2 Å². The minimum Gasteiger partial charge on any atom is -0.493 e. The van der Waals surface area contributed by atoms with Gasteiger partial charge in [-0.15, -0.1) is 0 Å². The molecular formula is C29H31Cl2N3O4. The monoisotopic (exact) mass is 555 g/mol. The minimum atomic E-state index is -0.923. The van der Waals surface area contributed by atoms with Gasteiger partial charge in [-0.1, -0.05) is 79.5 Å². The third kappa shape index (κ3) is 9.08. The third-order valence-electron chi connectivity index (χ3n) is 5.35. The molecule has 0 heterocycles. The van der Waals surface area contributed by atoms with Crippen LogP contribution in [0.2, 0.25) is 10.0 Å². The fraction of sp³-hybridized carbons (Fsp3) is 0.276. The van der Waals surface area contributed by atoms with Gasteiger partial charge in [-0.05, 0) is 48.7 Å². The SMILES string of the molecule is CC(C)COc1ccccc1/C=N\NC(=O)[C@H](Cc1ccccc1)NC(=O)[C@H](C)Oc1ccc(Cl)cc1Cl. The number of nitrogens with one attached hydrogen (secondary N) is 2. The van der Waals surface area contributed by atoms with Crippen molar-refractivity contribution in [2.24, 2.45) is 11.0 Å². The first-order valence-electron chi connectivity index (χ1n) is 12.2. The number of benzene rings is 3. The quantitative estimate of drug-likeness (QED) is 0.222. The fourth-order valence-electron chi connectivity index (χ4n) is 3.38. The molecule has 0 bridgehead atoms. The van der Waals surface area contributed by atoms with Crippen LogP contribution in [0.15, 0.2) is 77.9 Å². The van der Waals surface area contributed by atoms with Crippen molar-refractivity contribution in [3.05, 3.63) is 94.0 Å². The van der Waals surface area contributed by atoms with Gasteiger partial charge >= 0.3 is 0 Å². The number of carbonyl (C=O) groups excluding carboxylic acids is 2. The lowest BCUT2D eigenvalue weighted by Gasteiger charge is -2.21. The largest absolute Gasteiger partial charge is 0.493 e. The van der Waals surface area contributed by atoms with Crippen molar-refractivity contribution in [2.75, 3.05) is 6.61 Å². The Morgan fingerprint density at radius 1 is 0.921 bits per heavy atom. The molecule has 0 spiro atoms. The Bertz CT molecular complexity index is 1250. The molecule has 38 heavy (non-hydrogen) atoms. The van der Waals surface area contributed by atoms with E-state index < -0.39 is 24.0 Å². The summed E-state index contributed by atoms with van der Waals surface area (Å²) in [6.45, 7) is 6.26. The van der Waals surface area contributed by atoms with Gasteiger partial charge in [-0.3, -0.25) is 9.59 Å². The highest BCUT2D eigenvalue weighted by Gasteiger charge is 2.25. The highest BCUT2D eigenvalue weighted by atomic mass is 35.5. The van der Waals surface area contributed by atoms with Gasteiger partial charge in [-0.2, -0.15) is 5.10 Å². The number of hydrogen-bond acceptors (Lipinski definition) is 5. The number of ether oxygens (including phenoxy) is 2. The van der Waals surface area contributed by atoms with E-state index in [1.807, 2.05) is 54.6 Å². The zero-order chi connectivity index (χ0) is 27.5. The molecule has 3 aromatic carbocycles. The van der Waals surface area contributed by atoms with Crippen LogP contribution in [-0.4, -0.2) is 36.8 Å². The summed E-state index contributed by atoms with van der Waals surface area (Å²) < 4.78 is 11.5. The molecule has 7 nitrogen and oxygen atoms in total. The van der Waals surface area contributed by atoms with E-state index in [2.05, 4.69) is 29.7 Å². The number of hydrogen-bond donors (Lipinski definition) is 2. The summed E-state index contributed by atoms with van der Waals surface area (Å²) in [4.78, 5) is 26.1. The normalized spacial score (nSPS) is 12.7. The smallest absolute Gasteiger partial charge is 0.262 e. The molecule has 2 N–H and O–H groups in total. The molecule has 0 fully saturated rings. The number of amides is 2. The Morgan fingerprint density at radius 3 is 2.34 bits per heavy atom. The van der Waals surface area contributed by atoms with Gasteiger partial charge in [0.05, 0.1) is 17.8 Å². The van der Waals surface area contributed by atoms with Gasteiger partial charge in [-0.25, -0.2) is 5.43 Å². The lowest BCUT2D eigenvalue weighted by atomic mass is 10.1. The molecule has 9 heteroatoms. The molecule has 2 atom stereocenters. The maximum absolute atomic E-state index is 13.1. The molecule has 3 rings (SSSR count). The average Bonchev–Trinajstić information content (AvgIpc) is 2.89. The van der Waals surface area contributed by atoms with Crippen LogP contribution in [0.5, 0.6) is 11.5 Å². The van der Waals surface area contributed by atoms with Crippen LogP contribution in [0.4, 0.5) is 0 Å². The Hall–Kier alpha value is -3.55. The molecule has 0 radical (unpaired) electrons. The van der Waals surface area contributed by atoms with Crippen LogP contribution < -0.4 is 20.2 Å². The van der Waals surface area contributed by atoms with Gasteiger partial charge in [0.15, 0.2) is 6.10 Å². The first-order chi connectivity index (χ1) is 18.2. The molecule has 0 aliphatic rings. The Kier molecular flexibility index (Phi) is 11.0. The molecule has 3 aromatic rings. The second-order valence-corrected chi connectivity index (χ2v) is 9.91. The standard InChI is InChI=1S/C29H31Cl2N3O4/c1-19(2)18-37-26-12-8-7-11-22(26)17-32-34-29(36)25(15-21-9-5-4-6-10-21)33-28(35)20(3)38-27-14-13-23(30)16-24(27)31/h4-14,16-17,19-20,25H,15,18H2,1-3H3,(H,33,35)(H,34,36)/b32-17-/t20-,25-/m0/s1. The van der Waals surface area contributed by atoms with Gasteiger partial charge in [0.1, 0.15) is 17.5 Å². The van der Waals surface area contributed by atoms with E-state index in [9.17, 15) is 9.59 Å². The molecule has 0 aromatic heterocycles. The molecular weight excluding hydrogens is 525 g/mol. The number of nitrogens with zero attached hydrogens (tertiary/aromatic N) is 1. The van der Waals surface area contributed by atoms with Crippen molar-refractivity contribution in [3.8, 4) is 11.5 Å². The second-order valence-electron chi connectivity index (χ2n) is 9.06. The predicted molar refractivity (Wildman–Crippen MR) is 151 cm³/mol. The van der Waals surface area contributed by atoms with Crippen molar-refractivity contribution in [1.29, 1.82) is 0 Å². The van der Waals surface area contributed by atoms with E-state index in [0.717, 1.165) is 11.1 Å². The zero-order valence-electron chi connectivity index (χ0n) is 21.5. The highest BCUT2D eigenvalue weighted by Crippen LogP contribution is 2.28. The molecule has 2 amide bonds. The van der Waals surface area contributed by atoms with Gasteiger partial charge in [0.2, 0.25) is 0 Å². The molecule has 200 valence electrons. The van der Waals surface area contributed by atoms with E-state index in [4.69, 9.17) is 32.7 Å². The van der Waals surface area contributed by atoms with E-state index in [-0.39, 0.29) is 11.4 Å². The summed E-state index contributed by atoms with van der Waals surface area (Å²) in [7, 11) is 0. The Morgan fingerprint density at radius 2 is 1.63 bits per heavy atom. The molecule has 0 saturated carbocycles. The lowest BCUT2D eigenvalue weighted by molar-refractivity contribution is -0.132. The van der Waals surface area contributed by atoms with Crippen molar-refractivity contribution < 1.29 is 19.1 Å². The summed E-state index contributed by atoms with van der Waals surface area (Å²) >= 11 is 12.1. The summed E-state index contributed by atoms with van der Waals surface area (Å²) in [6.07, 6.45) is 0.855. The van der Waals surface area contributed by atoms with E-state index in [1.165, 1.54) is 12.3 Å². The maximum Gasteiger partial charge on any atom is 0.262 e. The first kappa shape index (κ1) is 29.0. The zero-order valence-corrected chi connectivity index (χ0v) is 23.0. The van der Waals surface area contributed by atoms with Crippen molar-refractivity contribution in [2.45, 2.75) is 39.3 Å². The second kappa shape index (κ2) is 14.4. The summed E-state index contributed by atoms with van der Waals surface area (Å²) in [5, 5.41) is 7.61. The van der Waals surface area contributed by atoms with Crippen molar-refractivity contribution in [1.82, 2.24) is 10.7 Å². The van der Waals surface area contributed by atoms with Crippen LogP contribution in [0.25, 0.3) is 0 Å². The number of halogens is 2. The van der Waals surface area contributed by atoms with Crippen molar-refractivity contribution >= 4 is 41.2 Å². The Labute approximate surface area is 233 Å². The lowest BCUT2D eigenvalue weighted by Crippen LogP contribution is -2.50. The van der Waals surface area contributed by atoms with Gasteiger partial charge < -0.3 is 14.8 Å². The van der Waals surface area contributed by atoms with Crippen LogP contribution in [-0.2, 0) is 16.0 Å². The third-order valence-corrected chi connectivity index (χ3v) is 5.88.